The van der Waals surface area contributed by atoms with Gasteiger partial charge in [0.15, 0.2) is 0 Å². The largest absolute Gasteiger partial charge is 0.507 e. The molecular weight excluding hydrogens is 744 g/mol. The summed E-state index contributed by atoms with van der Waals surface area (Å²) in [6.07, 6.45) is 8.19. The molecule has 2 rings (SSSR count). The van der Waals surface area contributed by atoms with E-state index in [-0.39, 0.29) is 43.5 Å². The lowest BCUT2D eigenvalue weighted by atomic mass is 10.1. The quantitative estimate of drug-likeness (QED) is 0.0324. The predicted octanol–water partition coefficient (Wildman–Crippen LogP) is 4.83. The average molecular weight is 791 g/mol. The topological polar surface area (TPSA) is 287 Å². The van der Waals surface area contributed by atoms with E-state index in [9.17, 15) is 43.8 Å². The maximum Gasteiger partial charge on any atom is 0.342 e. The van der Waals surface area contributed by atoms with Crippen molar-refractivity contribution in [2.45, 2.75) is 51.9 Å². The van der Waals surface area contributed by atoms with Gasteiger partial charge >= 0.3 is 41.8 Å². The number of hydrogen-bond donors (Lipinski definition) is 6. The molecule has 0 amide bonds. The molecule has 18 nitrogen and oxygen atoms in total. The summed E-state index contributed by atoms with van der Waals surface area (Å²) in [5.74, 6) is -8.62. The molecule has 2 aromatic carbocycles. The first kappa shape index (κ1) is 49.1. The van der Waals surface area contributed by atoms with E-state index in [0.717, 1.165) is 43.5 Å². The van der Waals surface area contributed by atoms with E-state index in [2.05, 4.69) is 26.7 Å². The molecule has 0 spiro atoms. The van der Waals surface area contributed by atoms with E-state index < -0.39 is 69.9 Å². The van der Waals surface area contributed by atoms with Crippen molar-refractivity contribution < 1.29 is 87.9 Å². The molecule has 0 aliphatic heterocycles. The number of phenols is 4. The fraction of sp³-hybridized carbons (Fsp3) is 0.342. The highest BCUT2D eigenvalue weighted by Crippen LogP contribution is 2.29. The van der Waals surface area contributed by atoms with Crippen molar-refractivity contribution >= 4 is 41.8 Å². The van der Waals surface area contributed by atoms with Crippen LogP contribution in [0.5, 0.6) is 23.0 Å². The Balaban J connectivity index is 0.00000102. The lowest BCUT2D eigenvalue weighted by Gasteiger charge is -2.10. The second kappa shape index (κ2) is 27.7. The summed E-state index contributed by atoms with van der Waals surface area (Å²) in [6, 6.07) is 3.19. The number of carbonyl (C=O) groups is 7. The molecule has 306 valence electrons. The van der Waals surface area contributed by atoms with Crippen molar-refractivity contribution in [3.05, 3.63) is 84.5 Å². The summed E-state index contributed by atoms with van der Waals surface area (Å²) in [5.41, 5.74) is -1.73. The maximum atomic E-state index is 12.1. The van der Waals surface area contributed by atoms with Gasteiger partial charge in [-0.2, -0.15) is 0 Å². The van der Waals surface area contributed by atoms with Crippen LogP contribution in [0.2, 0.25) is 0 Å². The Kier molecular flexibility index (Phi) is 24.3. The predicted molar refractivity (Wildman–Crippen MR) is 195 cm³/mol. The Labute approximate surface area is 321 Å². The Morgan fingerprint density at radius 1 is 0.464 bits per heavy atom. The van der Waals surface area contributed by atoms with Gasteiger partial charge in [0.1, 0.15) is 45.3 Å². The fourth-order valence-electron chi connectivity index (χ4n) is 3.76. The number of esters is 5. The highest BCUT2D eigenvalue weighted by molar-refractivity contribution is 5.98. The van der Waals surface area contributed by atoms with Gasteiger partial charge in [-0.25, -0.2) is 33.6 Å². The van der Waals surface area contributed by atoms with Crippen molar-refractivity contribution in [3.8, 4) is 23.0 Å². The molecule has 0 fully saturated rings. The van der Waals surface area contributed by atoms with E-state index in [1.54, 1.807) is 0 Å². The molecule has 0 aliphatic rings. The normalized spacial score (nSPS) is 9.73. The van der Waals surface area contributed by atoms with Crippen molar-refractivity contribution in [1.82, 2.24) is 0 Å². The van der Waals surface area contributed by atoms with Crippen LogP contribution >= 0.6 is 0 Å². The molecule has 0 heterocycles. The number of phenolic OH excluding ortho intramolecular Hbond substituents is 2. The second-order valence-corrected chi connectivity index (χ2v) is 10.9. The summed E-state index contributed by atoms with van der Waals surface area (Å²) >= 11 is 0. The van der Waals surface area contributed by atoms with Crippen LogP contribution in [-0.2, 0) is 38.1 Å². The van der Waals surface area contributed by atoms with Crippen LogP contribution in [-0.4, -0.2) is 105 Å². The molecule has 0 saturated heterocycles. The second-order valence-electron chi connectivity index (χ2n) is 10.9. The summed E-state index contributed by atoms with van der Waals surface area (Å²) in [4.78, 5) is 77.2. The van der Waals surface area contributed by atoms with E-state index in [1.165, 1.54) is 6.08 Å². The number of benzene rings is 2. The molecule has 0 bridgehead atoms. The SMILES string of the molecule is C=CC(=O)OCCCCC.C=CC(=O)OCCCCOC(=O)c1cc(O)c(C(=O)OCCCCOC(=O)C=C)cc1O.O=C(O)c1cc(O)c(C(=O)O)cc1O. The number of rotatable bonds is 21. The van der Waals surface area contributed by atoms with Crippen molar-refractivity contribution in [2.75, 3.05) is 33.0 Å². The highest BCUT2D eigenvalue weighted by atomic mass is 16.5. The lowest BCUT2D eigenvalue weighted by molar-refractivity contribution is -0.138. The van der Waals surface area contributed by atoms with Gasteiger partial charge in [0, 0.05) is 18.2 Å². The van der Waals surface area contributed by atoms with E-state index >= 15 is 0 Å². The van der Waals surface area contributed by atoms with Crippen LogP contribution in [0, 0.1) is 0 Å². The molecule has 56 heavy (non-hydrogen) atoms. The summed E-state index contributed by atoms with van der Waals surface area (Å²) in [6.45, 7) is 12.7. The van der Waals surface area contributed by atoms with Gasteiger partial charge in [-0.15, -0.1) is 0 Å². The Morgan fingerprint density at radius 2 is 0.714 bits per heavy atom. The van der Waals surface area contributed by atoms with Crippen molar-refractivity contribution in [3.63, 3.8) is 0 Å². The minimum Gasteiger partial charge on any atom is -0.507 e. The third-order valence-electron chi connectivity index (χ3n) is 6.65. The third kappa shape index (κ3) is 19.8. The summed E-state index contributed by atoms with van der Waals surface area (Å²) in [5, 5.41) is 55.2. The number of ether oxygens (including phenoxy) is 5. The van der Waals surface area contributed by atoms with Gasteiger partial charge in [0.05, 0.1) is 33.0 Å². The number of carbonyl (C=O) groups excluding carboxylic acids is 5. The monoisotopic (exact) mass is 790 g/mol. The first-order valence-corrected chi connectivity index (χ1v) is 16.8. The molecular formula is C38H46O18. The van der Waals surface area contributed by atoms with Crippen LogP contribution in [0.25, 0.3) is 0 Å². The van der Waals surface area contributed by atoms with Crippen molar-refractivity contribution in [1.29, 1.82) is 0 Å². The average Bonchev–Trinajstić information content (AvgIpc) is 3.17. The van der Waals surface area contributed by atoms with E-state index in [4.69, 9.17) is 44.1 Å². The smallest absolute Gasteiger partial charge is 0.342 e. The van der Waals surface area contributed by atoms with Crippen LogP contribution in [0.15, 0.2) is 62.2 Å². The number of hydrogen-bond acceptors (Lipinski definition) is 16. The van der Waals surface area contributed by atoms with Crippen LogP contribution in [0.3, 0.4) is 0 Å². The Morgan fingerprint density at radius 3 is 0.982 bits per heavy atom. The van der Waals surface area contributed by atoms with Gasteiger partial charge in [-0.05, 0) is 56.4 Å². The number of carboxylic acids is 2. The lowest BCUT2D eigenvalue weighted by Crippen LogP contribution is -2.11. The van der Waals surface area contributed by atoms with Gasteiger partial charge in [0.2, 0.25) is 0 Å². The molecule has 0 aliphatic carbocycles. The maximum absolute atomic E-state index is 12.1. The minimum atomic E-state index is -1.45. The molecule has 0 atom stereocenters. The van der Waals surface area contributed by atoms with Crippen molar-refractivity contribution in [2.24, 2.45) is 0 Å². The number of carboxylic acid groups (broad SMARTS) is 2. The number of aromatic hydroxyl groups is 4. The molecule has 6 N–H and O–H groups in total. The first-order chi connectivity index (χ1) is 26.5. The standard InChI is InChI=1S/C22H26O10.C8H6O6.C8H14O2/c1-3-19(25)29-9-5-7-11-31-21(27)15-13-18(24)16(14-17(15)23)22(28)32-12-8-6-10-30-20(26)4-2;9-5-1-3(7(11)12)6(10)2-4(5)8(13)14;1-3-5-6-7-10-8(9)4-2/h3-4,13-14,23-24H,1-2,5-12H2;1-2,9-10H,(H,11,12)(H,13,14);4H,2-3,5-7H2,1H3. The molecule has 0 unspecified atom stereocenters. The van der Waals surface area contributed by atoms with Crippen LogP contribution in [0.1, 0.15) is 93.3 Å². The number of aromatic carboxylic acids is 2. The van der Waals surface area contributed by atoms with Gasteiger partial charge in [-0.3, -0.25) is 0 Å². The first-order valence-electron chi connectivity index (χ1n) is 16.8. The van der Waals surface area contributed by atoms with Crippen LogP contribution < -0.4 is 0 Å². The number of unbranched alkanes of at least 4 members (excludes halogenated alkanes) is 4. The Bertz CT molecular complexity index is 1580. The zero-order valence-electron chi connectivity index (χ0n) is 30.7. The molecule has 0 saturated carbocycles. The Hall–Kier alpha value is -6.85. The summed E-state index contributed by atoms with van der Waals surface area (Å²) in [7, 11) is 0. The minimum absolute atomic E-state index is 0.00339. The summed E-state index contributed by atoms with van der Waals surface area (Å²) < 4.78 is 24.3. The molecule has 0 aromatic heterocycles. The third-order valence-corrected chi connectivity index (χ3v) is 6.65. The van der Waals surface area contributed by atoms with Gasteiger partial charge < -0.3 is 54.3 Å². The zero-order valence-corrected chi connectivity index (χ0v) is 30.7. The van der Waals surface area contributed by atoms with Crippen LogP contribution in [0.4, 0.5) is 0 Å². The van der Waals surface area contributed by atoms with Gasteiger partial charge in [0.25, 0.3) is 0 Å². The highest BCUT2D eigenvalue weighted by Gasteiger charge is 2.21. The molecule has 0 radical (unpaired) electrons. The molecule has 18 heteroatoms. The zero-order chi connectivity index (χ0) is 42.6. The molecule has 2 aromatic rings. The van der Waals surface area contributed by atoms with Gasteiger partial charge in [-0.1, -0.05) is 39.5 Å². The van der Waals surface area contributed by atoms with E-state index in [1.807, 2.05) is 0 Å². The van der Waals surface area contributed by atoms with E-state index in [0.29, 0.717) is 44.4 Å². The fourth-order valence-corrected chi connectivity index (χ4v) is 3.76.